The molecule has 1 aromatic carbocycles. The van der Waals surface area contributed by atoms with Crippen molar-refractivity contribution < 1.29 is 9.82 Å². The van der Waals surface area contributed by atoms with E-state index in [4.69, 9.17) is 0 Å². The van der Waals surface area contributed by atoms with Crippen molar-refractivity contribution in [1.82, 2.24) is 10.1 Å². The van der Waals surface area contributed by atoms with Crippen LogP contribution in [-0.2, 0) is 6.54 Å². The van der Waals surface area contributed by atoms with Crippen LogP contribution in [0.1, 0.15) is 23.1 Å². The fraction of sp³-hybridized carbons (Fsp3) is 0.438. The molecule has 2 aliphatic heterocycles. The Bertz CT molecular complexity index is 643. The third-order valence-electron chi connectivity index (χ3n) is 4.67. The highest BCUT2D eigenvalue weighted by atomic mass is 16.2. The Labute approximate surface area is 131 Å². The van der Waals surface area contributed by atoms with E-state index in [0.717, 1.165) is 25.2 Å². The van der Waals surface area contributed by atoms with Gasteiger partial charge >= 0.3 is 13.1 Å². The lowest BCUT2D eigenvalue weighted by Crippen LogP contribution is -2.42. The highest BCUT2D eigenvalue weighted by Crippen LogP contribution is 2.32. The van der Waals surface area contributed by atoms with E-state index in [-0.39, 0.29) is 6.03 Å². The summed E-state index contributed by atoms with van der Waals surface area (Å²) in [6.45, 7) is 6.11. The van der Waals surface area contributed by atoms with Gasteiger partial charge in [-0.05, 0) is 55.0 Å². The van der Waals surface area contributed by atoms with Crippen LogP contribution in [-0.4, -0.2) is 43.1 Å². The zero-order valence-electron chi connectivity index (χ0n) is 13.4. The Kier molecular flexibility index (Phi) is 3.97. The fourth-order valence-corrected chi connectivity index (χ4v) is 3.19. The first-order valence-electron chi connectivity index (χ1n) is 7.74. The molecule has 0 aliphatic carbocycles. The number of benzene rings is 1. The van der Waals surface area contributed by atoms with Crippen molar-refractivity contribution in [2.24, 2.45) is 0 Å². The van der Waals surface area contributed by atoms with Gasteiger partial charge in [-0.25, -0.2) is 4.79 Å². The van der Waals surface area contributed by atoms with Crippen LogP contribution < -0.4 is 10.2 Å². The second-order valence-electron chi connectivity index (χ2n) is 6.11. The molecule has 6 heteroatoms. The summed E-state index contributed by atoms with van der Waals surface area (Å²) in [4.78, 5) is 15.6. The minimum Gasteiger partial charge on any atom is -0.437 e. The average molecular weight is 299 g/mol. The third-order valence-corrected chi connectivity index (χ3v) is 4.67. The number of hydrogen-bond acceptors (Lipinski definition) is 3. The van der Waals surface area contributed by atoms with Crippen LogP contribution in [0.5, 0.6) is 0 Å². The Balaban J connectivity index is 1.93. The van der Waals surface area contributed by atoms with E-state index in [1.165, 1.54) is 22.3 Å². The van der Waals surface area contributed by atoms with E-state index in [0.29, 0.717) is 6.54 Å². The maximum atomic E-state index is 11.8. The van der Waals surface area contributed by atoms with Gasteiger partial charge in [0.05, 0.1) is 5.69 Å². The second kappa shape index (κ2) is 5.78. The monoisotopic (exact) mass is 299 g/mol. The van der Waals surface area contributed by atoms with Gasteiger partial charge in [0, 0.05) is 20.1 Å². The van der Waals surface area contributed by atoms with Gasteiger partial charge in [-0.15, -0.1) is 0 Å². The molecule has 2 aliphatic rings. The van der Waals surface area contributed by atoms with E-state index in [1.54, 1.807) is 18.8 Å². The van der Waals surface area contributed by atoms with Crippen molar-refractivity contribution >= 4 is 24.3 Å². The molecule has 0 unspecified atom stereocenters. The number of urea groups is 1. The molecule has 0 atom stereocenters. The molecular weight excluding hydrogens is 277 g/mol. The zero-order valence-corrected chi connectivity index (χ0v) is 13.4. The second-order valence-corrected chi connectivity index (χ2v) is 6.11. The number of fused-ring (bicyclic) bond motifs is 1. The van der Waals surface area contributed by atoms with E-state index in [2.05, 4.69) is 30.4 Å². The first-order valence-corrected chi connectivity index (χ1v) is 7.74. The molecule has 2 N–H and O–H groups in total. The lowest BCUT2D eigenvalue weighted by atomic mass is 9.82. The molecule has 2 heterocycles. The van der Waals surface area contributed by atoms with Crippen LogP contribution in [0.2, 0.25) is 6.82 Å². The summed E-state index contributed by atoms with van der Waals surface area (Å²) in [5.74, 6) is 0. The lowest BCUT2D eigenvalue weighted by Gasteiger charge is -2.30. The summed E-state index contributed by atoms with van der Waals surface area (Å²) in [6.07, 6.45) is 3.10. The highest BCUT2D eigenvalue weighted by Gasteiger charge is 2.24. The highest BCUT2D eigenvalue weighted by molar-refractivity contribution is 6.45. The molecule has 0 aromatic heterocycles. The van der Waals surface area contributed by atoms with Crippen molar-refractivity contribution in [3.63, 3.8) is 0 Å². The molecule has 1 aromatic rings. The minimum absolute atomic E-state index is 0.0537. The Morgan fingerprint density at radius 2 is 2.14 bits per heavy atom. The maximum absolute atomic E-state index is 11.8. The van der Waals surface area contributed by atoms with Gasteiger partial charge in [-0.3, -0.25) is 4.90 Å². The molecule has 0 spiro atoms. The van der Waals surface area contributed by atoms with Crippen LogP contribution >= 0.6 is 0 Å². The van der Waals surface area contributed by atoms with Crippen molar-refractivity contribution in [1.29, 1.82) is 0 Å². The van der Waals surface area contributed by atoms with Crippen LogP contribution in [0.4, 0.5) is 10.5 Å². The van der Waals surface area contributed by atoms with Gasteiger partial charge in [0.2, 0.25) is 0 Å². The quantitative estimate of drug-likeness (QED) is 0.820. The predicted molar refractivity (Wildman–Crippen MR) is 89.8 cm³/mol. The molecule has 116 valence electrons. The Hall–Kier alpha value is -1.79. The van der Waals surface area contributed by atoms with Crippen molar-refractivity contribution in [2.45, 2.75) is 26.7 Å². The number of aryl methyl sites for hydroxylation is 1. The van der Waals surface area contributed by atoms with Crippen molar-refractivity contribution in [2.75, 3.05) is 25.0 Å². The number of nitrogens with zero attached hydrogens (tertiary/aromatic N) is 2. The van der Waals surface area contributed by atoms with Gasteiger partial charge in [-0.1, -0.05) is 12.1 Å². The number of rotatable bonds is 2. The summed E-state index contributed by atoms with van der Waals surface area (Å²) in [6, 6.07) is 4.26. The Morgan fingerprint density at radius 1 is 1.36 bits per heavy atom. The molecule has 22 heavy (non-hydrogen) atoms. The third kappa shape index (κ3) is 2.64. The van der Waals surface area contributed by atoms with Gasteiger partial charge < -0.3 is 15.2 Å². The summed E-state index contributed by atoms with van der Waals surface area (Å²) >= 11 is 0. The van der Waals surface area contributed by atoms with E-state index < -0.39 is 7.05 Å². The number of nitrogens with one attached hydrogen (secondary N) is 1. The average Bonchev–Trinajstić information content (AvgIpc) is 2.51. The van der Waals surface area contributed by atoms with Crippen LogP contribution in [0.15, 0.2) is 18.2 Å². The molecule has 2 amide bonds. The summed E-state index contributed by atoms with van der Waals surface area (Å²) < 4.78 is 0. The first-order chi connectivity index (χ1) is 10.5. The largest absolute Gasteiger partial charge is 0.437 e. The molecule has 3 rings (SSSR count). The topological polar surface area (TPSA) is 55.8 Å². The van der Waals surface area contributed by atoms with E-state index >= 15 is 0 Å². The van der Waals surface area contributed by atoms with E-state index in [9.17, 15) is 9.82 Å². The van der Waals surface area contributed by atoms with Gasteiger partial charge in [0.1, 0.15) is 0 Å². The minimum atomic E-state index is -0.405. The van der Waals surface area contributed by atoms with Gasteiger partial charge in [0.15, 0.2) is 0 Å². The smallest absolute Gasteiger partial charge is 0.376 e. The SMILES string of the molecule is CB(O)N1CC=C(c2cc(C)c3c(c2)N(C)C(=O)NC3)CC1. The van der Waals surface area contributed by atoms with Crippen LogP contribution in [0.3, 0.4) is 0 Å². The number of anilines is 1. The fourth-order valence-electron chi connectivity index (χ4n) is 3.19. The predicted octanol–water partition coefficient (Wildman–Crippen LogP) is 1.85. The summed E-state index contributed by atoms with van der Waals surface area (Å²) in [7, 11) is 1.40. The number of amides is 2. The molecule has 0 saturated heterocycles. The molecule has 0 fully saturated rings. The molecule has 0 radical (unpaired) electrons. The van der Waals surface area contributed by atoms with Crippen molar-refractivity contribution in [3.8, 4) is 0 Å². The molecule has 0 bridgehead atoms. The lowest BCUT2D eigenvalue weighted by molar-refractivity contribution is 0.246. The number of carbonyl (C=O) groups excluding carboxylic acids is 1. The van der Waals surface area contributed by atoms with Crippen LogP contribution in [0.25, 0.3) is 5.57 Å². The van der Waals surface area contributed by atoms with Gasteiger partial charge in [-0.2, -0.15) is 0 Å². The van der Waals surface area contributed by atoms with Gasteiger partial charge in [0.25, 0.3) is 0 Å². The normalized spacial score (nSPS) is 18.6. The Morgan fingerprint density at radius 3 is 2.77 bits per heavy atom. The van der Waals surface area contributed by atoms with E-state index in [1.807, 2.05) is 4.81 Å². The maximum Gasteiger partial charge on any atom is 0.376 e. The van der Waals surface area contributed by atoms with Crippen LogP contribution in [0, 0.1) is 6.92 Å². The van der Waals surface area contributed by atoms with Crippen molar-refractivity contribution in [3.05, 3.63) is 34.9 Å². The molecule has 5 nitrogen and oxygen atoms in total. The summed E-state index contributed by atoms with van der Waals surface area (Å²) in [5, 5.41) is 12.5. The summed E-state index contributed by atoms with van der Waals surface area (Å²) in [5.41, 5.74) is 5.87. The number of carbonyl (C=O) groups is 1. The first kappa shape index (κ1) is 15.1. The standard InChI is InChI=1S/C16H22BN3O2/c1-11-8-13(12-4-6-20(7-5-12)17(2)22)9-15-14(11)10-18-16(21)19(15)3/h4,8-9,22H,5-7,10H2,1-3H3,(H,18,21). The number of hydrogen-bond donors (Lipinski definition) is 2. The molecule has 0 saturated carbocycles. The zero-order chi connectivity index (χ0) is 15.9. The molecular formula is C16H22BN3O2.